The van der Waals surface area contributed by atoms with Crippen molar-refractivity contribution in [2.45, 2.75) is 0 Å². The first-order valence-corrected chi connectivity index (χ1v) is 8.52. The lowest BCUT2D eigenvalue weighted by atomic mass is 10.2. The van der Waals surface area contributed by atoms with Gasteiger partial charge < -0.3 is 0 Å². The molecule has 0 heterocycles. The standard InChI is InChI=1S/C21H18N4O3/c26-19(16-10-4-1-5-11-16)22-25(23-20(27)17-12-6-2-7-13-17)24-21(28)18-14-8-3-9-15-18/h1-15H,(H,22,26)(H,23,27)(H,24,28). The lowest BCUT2D eigenvalue weighted by molar-refractivity contribution is 0.0309. The molecule has 0 fully saturated rings. The molecule has 140 valence electrons. The van der Waals surface area contributed by atoms with Gasteiger partial charge in [0.15, 0.2) is 0 Å². The second-order valence-electron chi connectivity index (χ2n) is 5.76. The summed E-state index contributed by atoms with van der Waals surface area (Å²) in [6.07, 6.45) is 0. The summed E-state index contributed by atoms with van der Waals surface area (Å²) in [6.45, 7) is 0. The predicted octanol–water partition coefficient (Wildman–Crippen LogP) is 2.32. The van der Waals surface area contributed by atoms with Crippen LogP contribution < -0.4 is 16.3 Å². The molecule has 0 saturated carbocycles. The van der Waals surface area contributed by atoms with E-state index in [-0.39, 0.29) is 0 Å². The number of carbonyl (C=O) groups excluding carboxylic acids is 3. The largest absolute Gasteiger partial charge is 0.268 e. The molecule has 7 nitrogen and oxygen atoms in total. The highest BCUT2D eigenvalue weighted by Crippen LogP contribution is 2.01. The van der Waals surface area contributed by atoms with Gasteiger partial charge in [-0.25, -0.2) is 16.3 Å². The number of hydrogen-bond acceptors (Lipinski definition) is 4. The summed E-state index contributed by atoms with van der Waals surface area (Å²) < 4.78 is 0. The van der Waals surface area contributed by atoms with Crippen molar-refractivity contribution in [2.75, 3.05) is 0 Å². The number of benzene rings is 3. The Bertz CT molecular complexity index is 820. The van der Waals surface area contributed by atoms with Crippen LogP contribution >= 0.6 is 0 Å². The van der Waals surface area contributed by atoms with Crippen LogP contribution in [0.5, 0.6) is 0 Å². The maximum atomic E-state index is 12.4. The van der Waals surface area contributed by atoms with Crippen molar-refractivity contribution in [3.63, 3.8) is 0 Å². The maximum Gasteiger partial charge on any atom is 0.268 e. The fraction of sp³-hybridized carbons (Fsp3) is 0. The topological polar surface area (TPSA) is 90.5 Å². The SMILES string of the molecule is O=C(NN(NC(=O)c1ccccc1)NC(=O)c1ccccc1)c1ccccc1. The zero-order valence-electron chi connectivity index (χ0n) is 14.8. The molecule has 0 aliphatic heterocycles. The van der Waals surface area contributed by atoms with E-state index in [9.17, 15) is 14.4 Å². The van der Waals surface area contributed by atoms with E-state index in [1.54, 1.807) is 91.0 Å². The molecule has 7 heteroatoms. The smallest absolute Gasteiger partial charge is 0.268 e. The monoisotopic (exact) mass is 374 g/mol. The minimum atomic E-state index is -0.498. The molecule has 3 aromatic rings. The molecule has 3 N–H and O–H groups in total. The van der Waals surface area contributed by atoms with Crippen molar-refractivity contribution in [2.24, 2.45) is 0 Å². The Kier molecular flexibility index (Phi) is 6.12. The highest BCUT2D eigenvalue weighted by atomic mass is 16.2. The van der Waals surface area contributed by atoms with Gasteiger partial charge >= 0.3 is 0 Å². The predicted molar refractivity (Wildman–Crippen MR) is 104 cm³/mol. The molecular weight excluding hydrogens is 356 g/mol. The van der Waals surface area contributed by atoms with Crippen molar-refractivity contribution in [3.8, 4) is 0 Å². The number of nitrogens with one attached hydrogen (secondary N) is 3. The van der Waals surface area contributed by atoms with Gasteiger partial charge in [-0.05, 0) is 41.6 Å². The molecular formula is C21H18N4O3. The van der Waals surface area contributed by atoms with Crippen LogP contribution in [-0.2, 0) is 0 Å². The number of carbonyl (C=O) groups is 3. The average Bonchev–Trinajstić information content (AvgIpc) is 2.75. The van der Waals surface area contributed by atoms with E-state index < -0.39 is 17.7 Å². The Hall–Kier alpha value is -3.97. The summed E-state index contributed by atoms with van der Waals surface area (Å²) in [5.74, 6) is -1.49. The van der Waals surface area contributed by atoms with E-state index in [1.807, 2.05) is 0 Å². The first kappa shape index (κ1) is 18.8. The minimum Gasteiger partial charge on any atom is -0.268 e. The second kappa shape index (κ2) is 9.11. The molecule has 3 aromatic carbocycles. The van der Waals surface area contributed by atoms with E-state index in [1.165, 1.54) is 0 Å². The number of amides is 3. The summed E-state index contributed by atoms with van der Waals surface area (Å²) in [5.41, 5.74) is 8.51. The van der Waals surface area contributed by atoms with E-state index in [0.717, 1.165) is 5.23 Å². The van der Waals surface area contributed by atoms with E-state index in [2.05, 4.69) is 16.3 Å². The molecule has 0 aliphatic rings. The van der Waals surface area contributed by atoms with E-state index in [4.69, 9.17) is 0 Å². The minimum absolute atomic E-state index is 0.371. The maximum absolute atomic E-state index is 12.4. The molecule has 0 aromatic heterocycles. The fourth-order valence-electron chi connectivity index (χ4n) is 2.35. The zero-order valence-corrected chi connectivity index (χ0v) is 14.8. The third-order valence-electron chi connectivity index (χ3n) is 3.75. The molecule has 3 rings (SSSR count). The summed E-state index contributed by atoms with van der Waals surface area (Å²) in [7, 11) is 0. The van der Waals surface area contributed by atoms with Crippen molar-refractivity contribution in [1.29, 1.82) is 0 Å². The summed E-state index contributed by atoms with van der Waals surface area (Å²) in [5, 5.41) is 0.861. The summed E-state index contributed by atoms with van der Waals surface area (Å²) in [6, 6.07) is 25.3. The van der Waals surface area contributed by atoms with Gasteiger partial charge in [-0.3, -0.25) is 14.4 Å². The molecule has 0 spiro atoms. The molecule has 0 atom stereocenters. The van der Waals surface area contributed by atoms with Gasteiger partial charge in [-0.15, -0.1) is 0 Å². The normalized spacial score (nSPS) is 10.2. The van der Waals surface area contributed by atoms with Crippen LogP contribution in [0, 0.1) is 0 Å². The molecule has 3 amide bonds. The van der Waals surface area contributed by atoms with Crippen LogP contribution in [0.1, 0.15) is 31.1 Å². The van der Waals surface area contributed by atoms with Gasteiger partial charge in [0.2, 0.25) is 0 Å². The first-order valence-electron chi connectivity index (χ1n) is 8.52. The summed E-state index contributed by atoms with van der Waals surface area (Å²) in [4.78, 5) is 37.3. The van der Waals surface area contributed by atoms with Crippen molar-refractivity contribution >= 4 is 17.7 Å². The average molecular weight is 374 g/mol. The number of hydrazine groups is 3. The lowest BCUT2D eigenvalue weighted by Crippen LogP contribution is -2.61. The number of rotatable bonds is 6. The van der Waals surface area contributed by atoms with Gasteiger partial charge in [0, 0.05) is 16.7 Å². The number of nitrogens with zero attached hydrogens (tertiary/aromatic N) is 1. The Morgan fingerprint density at radius 2 is 0.714 bits per heavy atom. The third-order valence-corrected chi connectivity index (χ3v) is 3.75. The zero-order chi connectivity index (χ0) is 19.8. The fourth-order valence-corrected chi connectivity index (χ4v) is 2.35. The van der Waals surface area contributed by atoms with Gasteiger partial charge in [0.1, 0.15) is 0 Å². The lowest BCUT2D eigenvalue weighted by Gasteiger charge is -2.24. The van der Waals surface area contributed by atoms with Crippen molar-refractivity contribution in [1.82, 2.24) is 21.5 Å². The van der Waals surface area contributed by atoms with Gasteiger partial charge in [-0.1, -0.05) is 54.6 Å². The van der Waals surface area contributed by atoms with Crippen LogP contribution in [0.3, 0.4) is 0 Å². The van der Waals surface area contributed by atoms with Crippen molar-refractivity contribution < 1.29 is 14.4 Å². The highest BCUT2D eigenvalue weighted by molar-refractivity contribution is 5.97. The summed E-state index contributed by atoms with van der Waals surface area (Å²) >= 11 is 0. The second-order valence-corrected chi connectivity index (χ2v) is 5.76. The van der Waals surface area contributed by atoms with Gasteiger partial charge in [0.05, 0.1) is 0 Å². The Balaban J connectivity index is 1.76. The van der Waals surface area contributed by atoms with Gasteiger partial charge in [0.25, 0.3) is 17.7 Å². The highest BCUT2D eigenvalue weighted by Gasteiger charge is 2.18. The Morgan fingerprint density at radius 1 is 0.464 bits per heavy atom. The first-order chi connectivity index (χ1) is 13.6. The van der Waals surface area contributed by atoms with Crippen LogP contribution in [0.15, 0.2) is 91.0 Å². The molecule has 0 radical (unpaired) electrons. The molecule has 0 saturated heterocycles. The molecule has 0 unspecified atom stereocenters. The quantitative estimate of drug-likeness (QED) is 0.578. The molecule has 0 bridgehead atoms. The molecule has 0 aliphatic carbocycles. The van der Waals surface area contributed by atoms with E-state index in [0.29, 0.717) is 16.7 Å². The van der Waals surface area contributed by atoms with Crippen LogP contribution in [0.2, 0.25) is 0 Å². The van der Waals surface area contributed by atoms with Crippen LogP contribution in [0.4, 0.5) is 0 Å². The van der Waals surface area contributed by atoms with Gasteiger partial charge in [-0.2, -0.15) is 0 Å². The van der Waals surface area contributed by atoms with Crippen LogP contribution in [-0.4, -0.2) is 22.9 Å². The van der Waals surface area contributed by atoms with E-state index >= 15 is 0 Å². The third kappa shape index (κ3) is 5.03. The van der Waals surface area contributed by atoms with Crippen molar-refractivity contribution in [3.05, 3.63) is 108 Å². The Morgan fingerprint density at radius 3 is 0.964 bits per heavy atom. The number of hydrogen-bond donors (Lipinski definition) is 3. The molecule has 28 heavy (non-hydrogen) atoms. The van der Waals surface area contributed by atoms with Crippen LogP contribution in [0.25, 0.3) is 0 Å². The Labute approximate surface area is 161 Å².